The predicted molar refractivity (Wildman–Crippen MR) is 68.2 cm³/mol. The molecule has 0 spiro atoms. The van der Waals surface area contributed by atoms with Gasteiger partial charge in [0.2, 0.25) is 0 Å². The van der Waals surface area contributed by atoms with E-state index in [2.05, 4.69) is 0 Å². The van der Waals surface area contributed by atoms with E-state index in [1.165, 1.54) is 0 Å². The van der Waals surface area contributed by atoms with Gasteiger partial charge < -0.3 is 14.9 Å². The average Bonchev–Trinajstić information content (AvgIpc) is 2.18. The summed E-state index contributed by atoms with van der Waals surface area (Å²) in [5, 5.41) is 19.2. The first kappa shape index (κ1) is 14.0. The zero-order valence-corrected chi connectivity index (χ0v) is 11.0. The number of benzene rings is 1. The van der Waals surface area contributed by atoms with Crippen LogP contribution in [0.4, 0.5) is 0 Å². The van der Waals surface area contributed by atoms with Gasteiger partial charge in [-0.2, -0.15) is 0 Å². The van der Waals surface area contributed by atoms with Gasteiger partial charge in [0.15, 0.2) is 0 Å². The van der Waals surface area contributed by atoms with E-state index in [0.717, 1.165) is 11.1 Å². The molecule has 0 aliphatic rings. The summed E-state index contributed by atoms with van der Waals surface area (Å²) in [5.41, 5.74) is 1.16. The molecule has 0 aliphatic carbocycles. The Morgan fingerprint density at radius 3 is 2.53 bits per heavy atom. The number of hydrogen-bond donors (Lipinski definition) is 2. The molecule has 1 aromatic carbocycles. The standard InChI is InChI=1S/C14H22O3/c1-10-5-6-13(12(9-10)11(2)15)17-8-7-14(3,4)16/h5-6,9,11,15-16H,7-8H2,1-4H3/t11-/m1/s1. The molecule has 17 heavy (non-hydrogen) atoms. The first-order chi connectivity index (χ1) is 7.79. The molecule has 3 nitrogen and oxygen atoms in total. The fourth-order valence-corrected chi connectivity index (χ4v) is 1.54. The third-order valence-corrected chi connectivity index (χ3v) is 2.59. The molecule has 0 aromatic heterocycles. The Hall–Kier alpha value is -1.06. The molecule has 1 atom stereocenters. The second-order valence-corrected chi connectivity index (χ2v) is 5.13. The summed E-state index contributed by atoms with van der Waals surface area (Å²) in [6, 6.07) is 5.73. The van der Waals surface area contributed by atoms with Crippen molar-refractivity contribution >= 4 is 0 Å². The van der Waals surface area contributed by atoms with Gasteiger partial charge in [0.25, 0.3) is 0 Å². The maximum Gasteiger partial charge on any atom is 0.125 e. The maximum absolute atomic E-state index is 9.66. The van der Waals surface area contributed by atoms with E-state index in [4.69, 9.17) is 4.74 Å². The van der Waals surface area contributed by atoms with Gasteiger partial charge in [-0.05, 0) is 39.8 Å². The monoisotopic (exact) mass is 238 g/mol. The van der Waals surface area contributed by atoms with Crippen molar-refractivity contribution in [2.45, 2.75) is 45.8 Å². The highest BCUT2D eigenvalue weighted by atomic mass is 16.5. The largest absolute Gasteiger partial charge is 0.493 e. The van der Waals surface area contributed by atoms with E-state index >= 15 is 0 Å². The van der Waals surface area contributed by atoms with Crippen molar-refractivity contribution in [1.29, 1.82) is 0 Å². The minimum atomic E-state index is -0.726. The SMILES string of the molecule is Cc1ccc(OCCC(C)(C)O)c([C@@H](C)O)c1. The van der Waals surface area contributed by atoms with Crippen molar-refractivity contribution < 1.29 is 14.9 Å². The number of hydrogen-bond acceptors (Lipinski definition) is 3. The summed E-state index contributed by atoms with van der Waals surface area (Å²) >= 11 is 0. The van der Waals surface area contributed by atoms with Crippen molar-refractivity contribution in [3.8, 4) is 5.75 Å². The van der Waals surface area contributed by atoms with Gasteiger partial charge in [-0.25, -0.2) is 0 Å². The van der Waals surface area contributed by atoms with Crippen LogP contribution in [0, 0.1) is 6.92 Å². The topological polar surface area (TPSA) is 49.7 Å². The van der Waals surface area contributed by atoms with Gasteiger partial charge in [-0.1, -0.05) is 11.6 Å². The number of rotatable bonds is 5. The van der Waals surface area contributed by atoms with Gasteiger partial charge in [-0.3, -0.25) is 0 Å². The Morgan fingerprint density at radius 2 is 2.00 bits per heavy atom. The quantitative estimate of drug-likeness (QED) is 0.829. The smallest absolute Gasteiger partial charge is 0.125 e. The lowest BCUT2D eigenvalue weighted by molar-refractivity contribution is 0.0548. The fraction of sp³-hybridized carbons (Fsp3) is 0.571. The molecule has 1 rings (SSSR count). The van der Waals surface area contributed by atoms with Crippen LogP contribution in [-0.4, -0.2) is 22.4 Å². The molecule has 0 heterocycles. The van der Waals surface area contributed by atoms with Crippen molar-refractivity contribution in [2.75, 3.05) is 6.61 Å². The van der Waals surface area contributed by atoms with Crippen LogP contribution in [0.1, 0.15) is 44.4 Å². The molecule has 3 heteroatoms. The molecule has 1 aromatic rings. The van der Waals surface area contributed by atoms with Crippen molar-refractivity contribution in [1.82, 2.24) is 0 Å². The summed E-state index contributed by atoms with van der Waals surface area (Å²) < 4.78 is 5.61. The molecule has 0 fully saturated rings. The molecule has 0 radical (unpaired) electrons. The second kappa shape index (κ2) is 5.52. The highest BCUT2D eigenvalue weighted by Gasteiger charge is 2.14. The van der Waals surface area contributed by atoms with E-state index in [-0.39, 0.29) is 0 Å². The van der Waals surface area contributed by atoms with E-state index < -0.39 is 11.7 Å². The zero-order valence-electron chi connectivity index (χ0n) is 11.0. The van der Waals surface area contributed by atoms with E-state index in [1.54, 1.807) is 20.8 Å². The summed E-state index contributed by atoms with van der Waals surface area (Å²) in [6.07, 6.45) is 0.00664. The number of ether oxygens (including phenoxy) is 1. The minimum Gasteiger partial charge on any atom is -0.493 e. The normalized spacial score (nSPS) is 13.5. The van der Waals surface area contributed by atoms with Gasteiger partial charge in [0.1, 0.15) is 5.75 Å². The van der Waals surface area contributed by atoms with Crippen LogP contribution < -0.4 is 4.74 Å². The highest BCUT2D eigenvalue weighted by Crippen LogP contribution is 2.26. The van der Waals surface area contributed by atoms with Crippen molar-refractivity contribution in [2.24, 2.45) is 0 Å². The van der Waals surface area contributed by atoms with Gasteiger partial charge in [0.05, 0.1) is 18.3 Å². The first-order valence-corrected chi connectivity index (χ1v) is 5.93. The first-order valence-electron chi connectivity index (χ1n) is 5.93. The highest BCUT2D eigenvalue weighted by molar-refractivity contribution is 5.38. The molecule has 0 bridgehead atoms. The van der Waals surface area contributed by atoms with Crippen molar-refractivity contribution in [3.05, 3.63) is 29.3 Å². The maximum atomic E-state index is 9.66. The predicted octanol–water partition coefficient (Wildman–Crippen LogP) is 2.59. The molecular weight excluding hydrogens is 216 g/mol. The van der Waals surface area contributed by atoms with E-state index in [0.29, 0.717) is 18.8 Å². The van der Waals surface area contributed by atoms with Crippen LogP contribution in [0.25, 0.3) is 0 Å². The fourth-order valence-electron chi connectivity index (χ4n) is 1.54. The van der Waals surface area contributed by atoms with Crippen LogP contribution in [-0.2, 0) is 0 Å². The summed E-state index contributed by atoms with van der Waals surface area (Å²) in [7, 11) is 0. The van der Waals surface area contributed by atoms with Gasteiger partial charge >= 0.3 is 0 Å². The van der Waals surface area contributed by atoms with Crippen LogP contribution in [0.5, 0.6) is 5.75 Å². The van der Waals surface area contributed by atoms with Gasteiger partial charge in [0, 0.05) is 12.0 Å². The number of aliphatic hydroxyl groups excluding tert-OH is 1. The van der Waals surface area contributed by atoms with Crippen LogP contribution in [0.15, 0.2) is 18.2 Å². The Balaban J connectivity index is 2.70. The third kappa shape index (κ3) is 4.75. The second-order valence-electron chi connectivity index (χ2n) is 5.13. The Morgan fingerprint density at radius 1 is 1.35 bits per heavy atom. The van der Waals surface area contributed by atoms with E-state index in [9.17, 15) is 10.2 Å². The molecular formula is C14H22O3. The molecule has 0 aliphatic heterocycles. The van der Waals surface area contributed by atoms with Crippen LogP contribution >= 0.6 is 0 Å². The molecule has 96 valence electrons. The Labute approximate surface area is 103 Å². The number of aliphatic hydroxyl groups is 2. The summed E-state index contributed by atoms with van der Waals surface area (Å²) in [4.78, 5) is 0. The lowest BCUT2D eigenvalue weighted by atomic mass is 10.1. The van der Waals surface area contributed by atoms with Crippen LogP contribution in [0.3, 0.4) is 0 Å². The Bertz CT molecular complexity index is 364. The molecule has 0 unspecified atom stereocenters. The minimum absolute atomic E-state index is 0.437. The molecule has 2 N–H and O–H groups in total. The summed E-state index contributed by atoms with van der Waals surface area (Å²) in [6.45, 7) is 7.64. The lowest BCUT2D eigenvalue weighted by Gasteiger charge is -2.19. The average molecular weight is 238 g/mol. The molecule has 0 saturated carbocycles. The summed E-state index contributed by atoms with van der Waals surface area (Å²) in [5.74, 6) is 0.690. The number of aryl methyl sites for hydroxylation is 1. The third-order valence-electron chi connectivity index (χ3n) is 2.59. The lowest BCUT2D eigenvalue weighted by Crippen LogP contribution is -2.22. The van der Waals surface area contributed by atoms with Crippen molar-refractivity contribution in [3.63, 3.8) is 0 Å². The zero-order chi connectivity index (χ0) is 13.1. The molecule has 0 saturated heterocycles. The van der Waals surface area contributed by atoms with Gasteiger partial charge in [-0.15, -0.1) is 0 Å². The molecule has 0 amide bonds. The van der Waals surface area contributed by atoms with Crippen LogP contribution in [0.2, 0.25) is 0 Å². The van der Waals surface area contributed by atoms with E-state index in [1.807, 2.05) is 25.1 Å². The Kier molecular flexibility index (Phi) is 4.54.